The molecular weight excluding hydrogens is 240 g/mol. The summed E-state index contributed by atoms with van der Waals surface area (Å²) in [7, 11) is 3.80. The van der Waals surface area contributed by atoms with Gasteiger partial charge in [-0.25, -0.2) is 4.68 Å². The van der Waals surface area contributed by atoms with Gasteiger partial charge in [-0.3, -0.25) is 4.79 Å². The summed E-state index contributed by atoms with van der Waals surface area (Å²) in [6, 6.07) is 1.62. The Morgan fingerprint density at radius 1 is 1.42 bits per heavy atom. The molecule has 0 fully saturated rings. The van der Waals surface area contributed by atoms with Crippen molar-refractivity contribution in [3.05, 3.63) is 22.6 Å². The second-order valence-electron chi connectivity index (χ2n) is 6.36. The van der Waals surface area contributed by atoms with E-state index in [1.165, 1.54) is 4.68 Å². The van der Waals surface area contributed by atoms with Crippen molar-refractivity contribution in [1.82, 2.24) is 15.1 Å². The lowest BCUT2D eigenvalue weighted by Crippen LogP contribution is -2.40. The highest BCUT2D eigenvalue weighted by Gasteiger charge is 2.12. The van der Waals surface area contributed by atoms with Crippen molar-refractivity contribution >= 4 is 5.69 Å². The minimum atomic E-state index is -0.0474. The van der Waals surface area contributed by atoms with Crippen LogP contribution in [-0.2, 0) is 6.54 Å². The van der Waals surface area contributed by atoms with E-state index in [9.17, 15) is 4.79 Å². The van der Waals surface area contributed by atoms with Crippen molar-refractivity contribution in [3.8, 4) is 0 Å². The van der Waals surface area contributed by atoms with Crippen LogP contribution in [0.3, 0.4) is 0 Å². The van der Waals surface area contributed by atoms with Gasteiger partial charge >= 0.3 is 0 Å². The second kappa shape index (κ2) is 6.19. The lowest BCUT2D eigenvalue weighted by Gasteiger charge is -2.23. The number of anilines is 1. The molecule has 0 bridgehead atoms. The molecule has 1 heterocycles. The minimum Gasteiger partial charge on any atom is -0.376 e. The van der Waals surface area contributed by atoms with Crippen LogP contribution >= 0.6 is 0 Å². The van der Waals surface area contributed by atoms with E-state index >= 15 is 0 Å². The minimum absolute atomic E-state index is 0.0474. The first kappa shape index (κ1) is 15.7. The van der Waals surface area contributed by atoms with Gasteiger partial charge in [0.2, 0.25) is 0 Å². The fourth-order valence-electron chi connectivity index (χ4n) is 1.65. The van der Waals surface area contributed by atoms with E-state index in [1.807, 2.05) is 19.0 Å². The fourth-order valence-corrected chi connectivity index (χ4v) is 1.65. The molecule has 0 spiro atoms. The van der Waals surface area contributed by atoms with E-state index in [1.54, 1.807) is 12.3 Å². The van der Waals surface area contributed by atoms with Crippen molar-refractivity contribution in [2.45, 2.75) is 39.8 Å². The van der Waals surface area contributed by atoms with Gasteiger partial charge in [-0.2, -0.15) is 5.10 Å². The molecule has 1 atom stereocenters. The lowest BCUT2D eigenvalue weighted by molar-refractivity contribution is 0.347. The van der Waals surface area contributed by atoms with E-state index in [2.05, 4.69) is 38.1 Å². The smallest absolute Gasteiger partial charge is 0.268 e. The zero-order chi connectivity index (χ0) is 14.6. The second-order valence-corrected chi connectivity index (χ2v) is 6.36. The first-order valence-electron chi connectivity index (χ1n) is 6.68. The van der Waals surface area contributed by atoms with Crippen LogP contribution in [0.4, 0.5) is 5.69 Å². The van der Waals surface area contributed by atoms with Crippen molar-refractivity contribution < 1.29 is 0 Å². The molecule has 1 aromatic rings. The largest absolute Gasteiger partial charge is 0.376 e. The Morgan fingerprint density at radius 2 is 2.05 bits per heavy atom. The topological polar surface area (TPSA) is 50.2 Å². The van der Waals surface area contributed by atoms with Gasteiger partial charge < -0.3 is 10.2 Å². The third kappa shape index (κ3) is 5.42. The number of aromatic nitrogens is 2. The predicted octanol–water partition coefficient (Wildman–Crippen LogP) is 1.33. The zero-order valence-corrected chi connectivity index (χ0v) is 12.9. The van der Waals surface area contributed by atoms with Crippen LogP contribution in [-0.4, -0.2) is 36.0 Å². The van der Waals surface area contributed by atoms with Crippen LogP contribution in [0, 0.1) is 5.92 Å². The molecule has 5 heteroatoms. The van der Waals surface area contributed by atoms with Crippen molar-refractivity contribution in [3.63, 3.8) is 0 Å². The molecule has 0 saturated carbocycles. The SMILES string of the molecule is CC(CNC(C)(C)C)Cn1ncc(N(C)C)cc1=O. The Hall–Kier alpha value is -1.36. The monoisotopic (exact) mass is 266 g/mol. The molecular formula is C14H26N4O. The van der Waals surface area contributed by atoms with Crippen LogP contribution in [0.1, 0.15) is 27.7 Å². The third-order valence-corrected chi connectivity index (χ3v) is 2.84. The Kier molecular flexibility index (Phi) is 5.11. The number of hydrogen-bond acceptors (Lipinski definition) is 4. The quantitative estimate of drug-likeness (QED) is 0.873. The predicted molar refractivity (Wildman–Crippen MR) is 79.7 cm³/mol. The first-order chi connectivity index (χ1) is 8.69. The van der Waals surface area contributed by atoms with E-state index in [-0.39, 0.29) is 11.1 Å². The Balaban J connectivity index is 2.65. The number of nitrogens with one attached hydrogen (secondary N) is 1. The van der Waals surface area contributed by atoms with Crippen LogP contribution in [0.15, 0.2) is 17.1 Å². The van der Waals surface area contributed by atoms with Crippen LogP contribution in [0.25, 0.3) is 0 Å². The summed E-state index contributed by atoms with van der Waals surface area (Å²) in [5.41, 5.74) is 0.886. The molecule has 0 aliphatic rings. The molecule has 0 aliphatic heterocycles. The Bertz CT molecular complexity index is 459. The summed E-state index contributed by atoms with van der Waals surface area (Å²) in [6.07, 6.45) is 1.73. The van der Waals surface area contributed by atoms with Gasteiger partial charge in [0, 0.05) is 32.2 Å². The molecule has 0 aromatic carbocycles. The summed E-state index contributed by atoms with van der Waals surface area (Å²) in [5, 5.41) is 7.66. The maximum Gasteiger partial charge on any atom is 0.268 e. The van der Waals surface area contributed by atoms with Gasteiger partial charge in [-0.15, -0.1) is 0 Å². The van der Waals surface area contributed by atoms with E-state index in [0.717, 1.165) is 12.2 Å². The van der Waals surface area contributed by atoms with Crippen LogP contribution in [0.2, 0.25) is 0 Å². The van der Waals surface area contributed by atoms with Gasteiger partial charge in [0.15, 0.2) is 0 Å². The molecule has 0 saturated heterocycles. The van der Waals surface area contributed by atoms with E-state index in [0.29, 0.717) is 12.5 Å². The molecule has 0 radical (unpaired) electrons. The van der Waals surface area contributed by atoms with Crippen LogP contribution < -0.4 is 15.8 Å². The summed E-state index contributed by atoms with van der Waals surface area (Å²) in [5.74, 6) is 0.356. The third-order valence-electron chi connectivity index (χ3n) is 2.84. The molecule has 0 amide bonds. The van der Waals surface area contributed by atoms with Gasteiger partial charge in [-0.05, 0) is 33.2 Å². The normalized spacial score (nSPS) is 13.4. The highest BCUT2D eigenvalue weighted by molar-refractivity contribution is 5.40. The van der Waals surface area contributed by atoms with E-state index < -0.39 is 0 Å². The lowest BCUT2D eigenvalue weighted by atomic mass is 10.1. The molecule has 5 nitrogen and oxygen atoms in total. The zero-order valence-electron chi connectivity index (χ0n) is 12.9. The maximum absolute atomic E-state index is 11.9. The number of hydrogen-bond donors (Lipinski definition) is 1. The molecule has 19 heavy (non-hydrogen) atoms. The van der Waals surface area contributed by atoms with Crippen molar-refractivity contribution in [2.24, 2.45) is 5.92 Å². The summed E-state index contributed by atoms with van der Waals surface area (Å²) in [6.45, 7) is 10.0. The molecule has 108 valence electrons. The summed E-state index contributed by atoms with van der Waals surface area (Å²) in [4.78, 5) is 13.8. The molecule has 0 aliphatic carbocycles. The van der Waals surface area contributed by atoms with Gasteiger partial charge in [0.1, 0.15) is 0 Å². The summed E-state index contributed by atoms with van der Waals surface area (Å²) >= 11 is 0. The van der Waals surface area contributed by atoms with Crippen LogP contribution in [0.5, 0.6) is 0 Å². The average Bonchev–Trinajstić information content (AvgIpc) is 2.28. The number of rotatable bonds is 5. The average molecular weight is 266 g/mol. The molecule has 1 N–H and O–H groups in total. The van der Waals surface area contributed by atoms with Crippen molar-refractivity contribution in [1.29, 1.82) is 0 Å². The van der Waals surface area contributed by atoms with Gasteiger partial charge in [-0.1, -0.05) is 6.92 Å². The Labute approximate surface area is 115 Å². The first-order valence-corrected chi connectivity index (χ1v) is 6.68. The number of nitrogens with zero attached hydrogens (tertiary/aromatic N) is 3. The standard InChI is InChI=1S/C14H26N4O/c1-11(8-15-14(2,3)4)10-18-13(19)7-12(9-16-18)17(5)6/h7,9,11,15H,8,10H2,1-6H3. The molecule has 1 unspecified atom stereocenters. The van der Waals surface area contributed by atoms with Gasteiger partial charge in [0.25, 0.3) is 5.56 Å². The molecule has 1 rings (SSSR count). The highest BCUT2D eigenvalue weighted by atomic mass is 16.1. The maximum atomic E-state index is 11.9. The van der Waals surface area contributed by atoms with Gasteiger partial charge in [0.05, 0.1) is 11.9 Å². The highest BCUT2D eigenvalue weighted by Crippen LogP contribution is 2.05. The Morgan fingerprint density at radius 3 is 2.53 bits per heavy atom. The fraction of sp³-hybridized carbons (Fsp3) is 0.714. The summed E-state index contributed by atoms with van der Waals surface area (Å²) < 4.78 is 1.53. The van der Waals surface area contributed by atoms with Crippen molar-refractivity contribution in [2.75, 3.05) is 25.5 Å². The van der Waals surface area contributed by atoms with E-state index in [4.69, 9.17) is 0 Å². The molecule has 1 aromatic heterocycles.